The van der Waals surface area contributed by atoms with Crippen LogP contribution in [-0.2, 0) is 19.6 Å². The van der Waals surface area contributed by atoms with Crippen LogP contribution in [0.2, 0.25) is 0 Å². The van der Waals surface area contributed by atoms with Gasteiger partial charge in [-0.3, -0.25) is 14.1 Å². The van der Waals surface area contributed by atoms with Crippen molar-refractivity contribution in [2.45, 2.75) is 26.6 Å². The van der Waals surface area contributed by atoms with Crippen LogP contribution in [0.25, 0.3) is 16.2 Å². The maximum atomic E-state index is 13.4. The van der Waals surface area contributed by atoms with E-state index in [-0.39, 0.29) is 11.4 Å². The summed E-state index contributed by atoms with van der Waals surface area (Å²) >= 11 is 1.41. The van der Waals surface area contributed by atoms with E-state index in [9.17, 15) is 9.18 Å². The second-order valence-electron chi connectivity index (χ2n) is 8.54. The smallest absolute Gasteiger partial charge is 0.259 e. The highest BCUT2D eigenvalue weighted by Gasteiger charge is 2.14. The Morgan fingerprint density at radius 1 is 0.917 bits per heavy atom. The van der Waals surface area contributed by atoms with E-state index in [2.05, 4.69) is 29.2 Å². The van der Waals surface area contributed by atoms with Gasteiger partial charge in [-0.05, 0) is 60.0 Å². The van der Waals surface area contributed by atoms with E-state index >= 15 is 0 Å². The number of aromatic nitrogens is 2. The van der Waals surface area contributed by atoms with E-state index in [0.717, 1.165) is 34.8 Å². The van der Waals surface area contributed by atoms with Crippen LogP contribution in [0.15, 0.2) is 95.1 Å². The van der Waals surface area contributed by atoms with Gasteiger partial charge in [0, 0.05) is 31.1 Å². The van der Waals surface area contributed by atoms with Crippen LogP contribution >= 0.6 is 11.3 Å². The van der Waals surface area contributed by atoms with Gasteiger partial charge in [0.05, 0.1) is 18.0 Å². The lowest BCUT2D eigenvalue weighted by molar-refractivity contribution is 0.244. The Bertz CT molecular complexity index is 1500. The van der Waals surface area contributed by atoms with Crippen molar-refractivity contribution in [1.82, 2.24) is 14.3 Å². The Hall–Kier alpha value is -3.81. The molecule has 5 aromatic rings. The van der Waals surface area contributed by atoms with E-state index in [1.54, 1.807) is 22.6 Å². The average molecular weight is 500 g/mol. The molecule has 0 radical (unpaired) electrons. The van der Waals surface area contributed by atoms with Crippen molar-refractivity contribution in [1.29, 1.82) is 0 Å². The fourth-order valence-electron chi connectivity index (χ4n) is 4.22. The monoisotopic (exact) mass is 499 g/mol. The van der Waals surface area contributed by atoms with Gasteiger partial charge >= 0.3 is 0 Å². The number of hydrogen-bond donors (Lipinski definition) is 0. The number of fused-ring (bicyclic) bond motifs is 1. The summed E-state index contributed by atoms with van der Waals surface area (Å²) in [5, 5.41) is 1.89. The Morgan fingerprint density at radius 3 is 2.31 bits per heavy atom. The van der Waals surface area contributed by atoms with Gasteiger partial charge in [-0.2, -0.15) is 0 Å². The molecule has 2 aromatic heterocycles. The summed E-state index contributed by atoms with van der Waals surface area (Å²) in [6, 6.07) is 26.1. The first-order chi connectivity index (χ1) is 17.6. The molecule has 0 unspecified atom stereocenters. The number of hydrogen-bond acceptors (Lipinski definition) is 5. The van der Waals surface area contributed by atoms with Gasteiger partial charge in [-0.15, -0.1) is 11.3 Å². The number of ether oxygens (including phenoxy) is 1. The normalized spacial score (nSPS) is 11.3. The van der Waals surface area contributed by atoms with Crippen LogP contribution in [0.4, 0.5) is 4.39 Å². The van der Waals surface area contributed by atoms with Crippen molar-refractivity contribution in [3.63, 3.8) is 0 Å². The Labute approximate surface area is 213 Å². The number of nitrogens with zero attached hydrogens (tertiary/aromatic N) is 3. The zero-order chi connectivity index (χ0) is 24.9. The lowest BCUT2D eigenvalue weighted by atomic mass is 10.1. The Morgan fingerprint density at radius 2 is 1.61 bits per heavy atom. The second kappa shape index (κ2) is 10.8. The van der Waals surface area contributed by atoms with Crippen molar-refractivity contribution in [3.05, 3.63) is 123 Å². The molecule has 182 valence electrons. The molecule has 0 aliphatic heterocycles. The predicted molar refractivity (Wildman–Crippen MR) is 142 cm³/mol. The molecule has 2 heterocycles. The predicted octanol–water partition coefficient (Wildman–Crippen LogP) is 6.16. The second-order valence-corrected chi connectivity index (χ2v) is 9.38. The highest BCUT2D eigenvalue weighted by Crippen LogP contribution is 2.25. The molecule has 0 aliphatic rings. The zero-order valence-electron chi connectivity index (χ0n) is 19.9. The lowest BCUT2D eigenvalue weighted by Gasteiger charge is -2.22. The lowest BCUT2D eigenvalue weighted by Crippen LogP contribution is -2.25. The third kappa shape index (κ3) is 5.53. The standard InChI is InChI=1S/C29H26FN3O2S/c1-2-35-26-14-8-22(9-15-26)18-32(17-21-6-4-3-5-7-21)19-25-16-28(34)33-27(20-36-29(33)31-25)23-10-12-24(30)13-11-23/h3-16,20H,2,17-19H2,1H3. The first kappa shape index (κ1) is 23.9. The maximum Gasteiger partial charge on any atom is 0.259 e. The molecule has 0 bridgehead atoms. The molecule has 0 fully saturated rings. The molecular formula is C29H26FN3O2S. The molecular weight excluding hydrogens is 473 g/mol. The van der Waals surface area contributed by atoms with E-state index in [4.69, 9.17) is 9.72 Å². The number of benzene rings is 3. The average Bonchev–Trinajstić information content (AvgIpc) is 3.31. The maximum absolute atomic E-state index is 13.4. The van der Waals surface area contributed by atoms with E-state index in [0.29, 0.717) is 24.7 Å². The van der Waals surface area contributed by atoms with Crippen LogP contribution in [-0.4, -0.2) is 20.9 Å². The summed E-state index contributed by atoms with van der Waals surface area (Å²) in [4.78, 5) is 20.8. The summed E-state index contributed by atoms with van der Waals surface area (Å²) in [6.45, 7) is 4.55. The first-order valence-corrected chi connectivity index (χ1v) is 12.7. The third-order valence-electron chi connectivity index (χ3n) is 5.87. The van der Waals surface area contributed by atoms with Crippen molar-refractivity contribution in [2.75, 3.05) is 6.61 Å². The van der Waals surface area contributed by atoms with Gasteiger partial charge in [0.1, 0.15) is 11.6 Å². The largest absolute Gasteiger partial charge is 0.494 e. The topological polar surface area (TPSA) is 46.8 Å². The van der Waals surface area contributed by atoms with Crippen LogP contribution in [0.3, 0.4) is 0 Å². The quantitative estimate of drug-likeness (QED) is 0.244. The molecule has 0 saturated carbocycles. The molecule has 0 amide bonds. The van der Waals surface area contributed by atoms with Crippen molar-refractivity contribution < 1.29 is 9.13 Å². The van der Waals surface area contributed by atoms with E-state index in [1.165, 1.54) is 29.0 Å². The molecule has 3 aromatic carbocycles. The van der Waals surface area contributed by atoms with Crippen molar-refractivity contribution in [3.8, 4) is 17.0 Å². The molecule has 5 rings (SSSR count). The third-order valence-corrected chi connectivity index (χ3v) is 6.70. The molecule has 0 atom stereocenters. The number of thiazole rings is 1. The number of halogens is 1. The van der Waals surface area contributed by atoms with Crippen LogP contribution in [0.5, 0.6) is 5.75 Å². The zero-order valence-corrected chi connectivity index (χ0v) is 20.7. The van der Waals surface area contributed by atoms with Gasteiger partial charge in [0.25, 0.3) is 5.56 Å². The van der Waals surface area contributed by atoms with Gasteiger partial charge in [0.15, 0.2) is 4.96 Å². The molecule has 0 N–H and O–H groups in total. The molecule has 0 saturated heterocycles. The van der Waals surface area contributed by atoms with E-state index < -0.39 is 0 Å². The molecule has 5 nitrogen and oxygen atoms in total. The fraction of sp³-hybridized carbons (Fsp3) is 0.172. The molecule has 0 spiro atoms. The highest BCUT2D eigenvalue weighted by atomic mass is 32.1. The summed E-state index contributed by atoms with van der Waals surface area (Å²) in [6.07, 6.45) is 0. The van der Waals surface area contributed by atoms with Gasteiger partial charge in [-0.25, -0.2) is 9.37 Å². The number of rotatable bonds is 9. The molecule has 36 heavy (non-hydrogen) atoms. The van der Waals surface area contributed by atoms with E-state index in [1.807, 2.05) is 42.6 Å². The van der Waals surface area contributed by atoms with Crippen LogP contribution < -0.4 is 10.3 Å². The first-order valence-electron chi connectivity index (χ1n) is 11.8. The summed E-state index contributed by atoms with van der Waals surface area (Å²) in [5.74, 6) is 0.544. The molecule has 7 heteroatoms. The van der Waals surface area contributed by atoms with Crippen LogP contribution in [0.1, 0.15) is 23.7 Å². The minimum absolute atomic E-state index is 0.142. The highest BCUT2D eigenvalue weighted by molar-refractivity contribution is 7.15. The summed E-state index contributed by atoms with van der Waals surface area (Å²) in [5.41, 5.74) is 4.42. The van der Waals surface area contributed by atoms with Gasteiger partial charge < -0.3 is 4.74 Å². The van der Waals surface area contributed by atoms with Gasteiger partial charge in [0.2, 0.25) is 0 Å². The summed E-state index contributed by atoms with van der Waals surface area (Å²) in [7, 11) is 0. The molecule has 0 aliphatic carbocycles. The summed E-state index contributed by atoms with van der Waals surface area (Å²) < 4.78 is 20.5. The minimum atomic E-state index is -0.308. The Balaban J connectivity index is 1.43. The van der Waals surface area contributed by atoms with Crippen molar-refractivity contribution >= 4 is 16.3 Å². The SMILES string of the molecule is CCOc1ccc(CN(Cc2ccccc2)Cc2cc(=O)n3c(-c4ccc(F)cc4)csc3n2)cc1. The minimum Gasteiger partial charge on any atom is -0.494 e. The van der Waals surface area contributed by atoms with Gasteiger partial charge in [-0.1, -0.05) is 42.5 Å². The van der Waals surface area contributed by atoms with Crippen molar-refractivity contribution in [2.24, 2.45) is 0 Å². The van der Waals surface area contributed by atoms with Crippen LogP contribution in [0, 0.1) is 5.82 Å². The Kier molecular flexibility index (Phi) is 7.21. The fourth-order valence-corrected chi connectivity index (χ4v) is 5.14.